The second-order valence-corrected chi connectivity index (χ2v) is 8.24. The number of carbonyl (C=O) groups is 2. The SMILES string of the molecule is C=CCC(OC(=O)c1ccc(C(=O)OCC)cc1)[SiH](C)C. The first-order valence-electron chi connectivity index (χ1n) is 7.08. The Morgan fingerprint density at radius 2 is 1.71 bits per heavy atom. The normalized spacial score (nSPS) is 11.8. The Labute approximate surface area is 127 Å². The number of hydrogen-bond donors (Lipinski definition) is 0. The summed E-state index contributed by atoms with van der Waals surface area (Å²) in [5.41, 5.74) is 0.806. The second kappa shape index (κ2) is 8.41. The fourth-order valence-electron chi connectivity index (χ4n) is 1.78. The molecule has 5 heteroatoms. The molecule has 0 spiro atoms. The van der Waals surface area contributed by atoms with Crippen LogP contribution in [0.4, 0.5) is 0 Å². The van der Waals surface area contributed by atoms with Crippen molar-refractivity contribution in [3.63, 3.8) is 0 Å². The van der Waals surface area contributed by atoms with Crippen LogP contribution in [0.3, 0.4) is 0 Å². The van der Waals surface area contributed by atoms with E-state index in [-0.39, 0.29) is 11.7 Å². The van der Waals surface area contributed by atoms with Crippen LogP contribution in [0.25, 0.3) is 0 Å². The minimum Gasteiger partial charge on any atom is -0.463 e. The summed E-state index contributed by atoms with van der Waals surface area (Å²) in [6, 6.07) is 6.32. The maximum atomic E-state index is 12.1. The summed E-state index contributed by atoms with van der Waals surface area (Å²) in [6.45, 7) is 10.0. The van der Waals surface area contributed by atoms with E-state index in [1.54, 1.807) is 37.3 Å². The van der Waals surface area contributed by atoms with Gasteiger partial charge in [-0.15, -0.1) is 6.58 Å². The second-order valence-electron chi connectivity index (χ2n) is 5.01. The van der Waals surface area contributed by atoms with Crippen LogP contribution in [-0.4, -0.2) is 33.1 Å². The third-order valence-electron chi connectivity index (χ3n) is 3.03. The third kappa shape index (κ3) is 5.19. The lowest BCUT2D eigenvalue weighted by Crippen LogP contribution is -2.30. The largest absolute Gasteiger partial charge is 0.463 e. The van der Waals surface area contributed by atoms with E-state index in [0.717, 1.165) is 0 Å². The monoisotopic (exact) mass is 306 g/mol. The first-order valence-corrected chi connectivity index (χ1v) is 10.1. The van der Waals surface area contributed by atoms with E-state index in [1.807, 2.05) is 0 Å². The summed E-state index contributed by atoms with van der Waals surface area (Å²) in [6.07, 6.45) is 2.45. The molecule has 0 aliphatic rings. The predicted molar refractivity (Wildman–Crippen MR) is 85.3 cm³/mol. The molecule has 0 saturated carbocycles. The van der Waals surface area contributed by atoms with Gasteiger partial charge in [0.1, 0.15) is 0 Å². The van der Waals surface area contributed by atoms with Gasteiger partial charge in [-0.1, -0.05) is 19.2 Å². The van der Waals surface area contributed by atoms with Crippen molar-refractivity contribution < 1.29 is 19.1 Å². The Bertz CT molecular complexity index is 494. The molecule has 114 valence electrons. The van der Waals surface area contributed by atoms with Gasteiger partial charge in [-0.25, -0.2) is 9.59 Å². The molecule has 0 radical (unpaired) electrons. The van der Waals surface area contributed by atoms with Gasteiger partial charge in [0.25, 0.3) is 0 Å². The molecule has 1 aromatic carbocycles. The molecule has 1 rings (SSSR count). The highest BCUT2D eigenvalue weighted by molar-refractivity contribution is 6.57. The Balaban J connectivity index is 2.74. The van der Waals surface area contributed by atoms with Gasteiger partial charge in [0.05, 0.1) is 32.3 Å². The molecule has 0 fully saturated rings. The highest BCUT2D eigenvalue weighted by Gasteiger charge is 2.19. The van der Waals surface area contributed by atoms with Crippen molar-refractivity contribution >= 4 is 20.7 Å². The fraction of sp³-hybridized carbons (Fsp3) is 0.375. The molecule has 0 aromatic heterocycles. The van der Waals surface area contributed by atoms with Gasteiger partial charge in [-0.3, -0.25) is 0 Å². The molecule has 0 N–H and O–H groups in total. The zero-order chi connectivity index (χ0) is 15.8. The number of benzene rings is 1. The van der Waals surface area contributed by atoms with Crippen LogP contribution in [0.2, 0.25) is 13.1 Å². The molecule has 4 nitrogen and oxygen atoms in total. The van der Waals surface area contributed by atoms with Crippen molar-refractivity contribution in [2.75, 3.05) is 6.61 Å². The Hall–Kier alpha value is -1.88. The molecule has 21 heavy (non-hydrogen) atoms. The zero-order valence-corrected chi connectivity index (χ0v) is 14.0. The lowest BCUT2D eigenvalue weighted by Gasteiger charge is -2.19. The molecule has 0 aliphatic heterocycles. The molecule has 0 bridgehead atoms. The van der Waals surface area contributed by atoms with E-state index in [2.05, 4.69) is 19.7 Å². The van der Waals surface area contributed by atoms with Gasteiger partial charge < -0.3 is 9.47 Å². The Morgan fingerprint density at radius 1 is 1.19 bits per heavy atom. The van der Waals surface area contributed by atoms with E-state index < -0.39 is 14.8 Å². The molecular formula is C16H22O4Si. The first kappa shape index (κ1) is 17.2. The zero-order valence-electron chi connectivity index (χ0n) is 12.8. The number of ether oxygens (including phenoxy) is 2. The molecule has 0 aliphatic carbocycles. The molecule has 1 aromatic rings. The van der Waals surface area contributed by atoms with Crippen LogP contribution < -0.4 is 0 Å². The number of esters is 2. The third-order valence-corrected chi connectivity index (χ3v) is 4.93. The minimum absolute atomic E-state index is 0.0558. The van der Waals surface area contributed by atoms with Crippen LogP contribution in [0.1, 0.15) is 34.1 Å². The molecule has 1 unspecified atom stereocenters. The van der Waals surface area contributed by atoms with E-state index in [0.29, 0.717) is 24.2 Å². The van der Waals surface area contributed by atoms with Gasteiger partial charge in [0, 0.05) is 0 Å². The Kier molecular flexibility index (Phi) is 6.88. The molecule has 1 atom stereocenters. The van der Waals surface area contributed by atoms with Crippen molar-refractivity contribution in [1.82, 2.24) is 0 Å². The average Bonchev–Trinajstić information content (AvgIpc) is 2.47. The smallest absolute Gasteiger partial charge is 0.338 e. The van der Waals surface area contributed by atoms with Crippen LogP contribution >= 0.6 is 0 Å². The van der Waals surface area contributed by atoms with Crippen molar-refractivity contribution in [2.24, 2.45) is 0 Å². The van der Waals surface area contributed by atoms with E-state index in [4.69, 9.17) is 9.47 Å². The lowest BCUT2D eigenvalue weighted by molar-refractivity contribution is 0.0438. The van der Waals surface area contributed by atoms with Gasteiger partial charge in [-0.2, -0.15) is 0 Å². The summed E-state index contributed by atoms with van der Waals surface area (Å²) in [4.78, 5) is 23.6. The minimum atomic E-state index is -1.11. The molecule has 0 saturated heterocycles. The Morgan fingerprint density at radius 3 is 2.14 bits per heavy atom. The highest BCUT2D eigenvalue weighted by atomic mass is 28.3. The summed E-state index contributed by atoms with van der Waals surface area (Å²) < 4.78 is 10.4. The molecule has 0 heterocycles. The van der Waals surface area contributed by atoms with Crippen molar-refractivity contribution in [3.05, 3.63) is 48.0 Å². The van der Waals surface area contributed by atoms with E-state index in [9.17, 15) is 9.59 Å². The van der Waals surface area contributed by atoms with Crippen molar-refractivity contribution in [1.29, 1.82) is 0 Å². The quantitative estimate of drug-likeness (QED) is 0.441. The first-order chi connectivity index (χ1) is 9.99. The van der Waals surface area contributed by atoms with Crippen LogP contribution in [-0.2, 0) is 9.47 Å². The van der Waals surface area contributed by atoms with Crippen LogP contribution in [0, 0.1) is 0 Å². The highest BCUT2D eigenvalue weighted by Crippen LogP contribution is 2.11. The fourth-order valence-corrected chi connectivity index (χ4v) is 2.92. The predicted octanol–water partition coefficient (Wildman–Crippen LogP) is 2.99. The van der Waals surface area contributed by atoms with Crippen molar-refractivity contribution in [3.8, 4) is 0 Å². The van der Waals surface area contributed by atoms with Crippen LogP contribution in [0.5, 0.6) is 0 Å². The van der Waals surface area contributed by atoms with E-state index in [1.165, 1.54) is 0 Å². The lowest BCUT2D eigenvalue weighted by atomic mass is 10.1. The van der Waals surface area contributed by atoms with Crippen LogP contribution in [0.15, 0.2) is 36.9 Å². The van der Waals surface area contributed by atoms with Gasteiger partial charge in [-0.05, 0) is 37.6 Å². The summed E-state index contributed by atoms with van der Waals surface area (Å²) in [5.74, 6) is -0.755. The maximum absolute atomic E-state index is 12.1. The summed E-state index contributed by atoms with van der Waals surface area (Å²) in [7, 11) is -1.11. The maximum Gasteiger partial charge on any atom is 0.338 e. The number of hydrogen-bond acceptors (Lipinski definition) is 4. The molecular weight excluding hydrogens is 284 g/mol. The van der Waals surface area contributed by atoms with Gasteiger partial charge >= 0.3 is 11.9 Å². The summed E-state index contributed by atoms with van der Waals surface area (Å²) in [5, 5.41) is 0. The van der Waals surface area contributed by atoms with Gasteiger partial charge in [0.15, 0.2) is 0 Å². The summed E-state index contributed by atoms with van der Waals surface area (Å²) >= 11 is 0. The molecule has 0 amide bonds. The van der Waals surface area contributed by atoms with Gasteiger partial charge in [0.2, 0.25) is 0 Å². The average molecular weight is 306 g/mol. The standard InChI is InChI=1S/C16H22O4Si/c1-5-7-14(21(3)4)20-16(18)13-10-8-12(9-11-13)15(17)19-6-2/h5,8-11,14,21H,1,6-7H2,2-4H3. The van der Waals surface area contributed by atoms with E-state index >= 15 is 0 Å². The topological polar surface area (TPSA) is 52.6 Å². The number of rotatable bonds is 7. The van der Waals surface area contributed by atoms with Crippen molar-refractivity contribution in [2.45, 2.75) is 32.2 Å². The number of carbonyl (C=O) groups excluding carboxylic acids is 2.